The maximum absolute atomic E-state index is 13.2. The smallest absolute Gasteiger partial charge is 0.242 e. The highest BCUT2D eigenvalue weighted by Crippen LogP contribution is 2.33. The minimum Gasteiger partial charge on any atom is -0.497 e. The van der Waals surface area contributed by atoms with E-state index in [1.807, 2.05) is 66.7 Å². The van der Waals surface area contributed by atoms with Crippen LogP contribution < -0.4 is 10.1 Å². The molecular weight excluding hydrogens is 450 g/mol. The summed E-state index contributed by atoms with van der Waals surface area (Å²) in [5.74, 6) is 0.366. The van der Waals surface area contributed by atoms with Crippen LogP contribution in [0.5, 0.6) is 5.75 Å². The van der Waals surface area contributed by atoms with Gasteiger partial charge in [-0.25, -0.2) is 4.99 Å². The van der Waals surface area contributed by atoms with E-state index >= 15 is 0 Å². The van der Waals surface area contributed by atoms with E-state index in [2.05, 4.69) is 10.3 Å². The first kappa shape index (κ1) is 23.8. The number of benzene rings is 3. The molecular formula is C26H27N3O4S. The monoisotopic (exact) mass is 477 g/mol. The summed E-state index contributed by atoms with van der Waals surface area (Å²) in [5.41, 5.74) is 1.40. The zero-order valence-corrected chi connectivity index (χ0v) is 20.0. The number of anilines is 1. The zero-order chi connectivity index (χ0) is 23.9. The van der Waals surface area contributed by atoms with Crippen LogP contribution >= 0.6 is 11.8 Å². The van der Waals surface area contributed by atoms with Crippen molar-refractivity contribution in [3.05, 3.63) is 66.7 Å². The highest BCUT2D eigenvalue weighted by Gasteiger charge is 2.38. The predicted octanol–water partition coefficient (Wildman–Crippen LogP) is 4.85. The number of ether oxygens (including phenoxy) is 2. The standard InChI is InChI=1S/C26H27N3O4S/c1-32-14-6-13-29-25(31)23(34-26(29)28-20-9-5-10-22(16-20)33-2)17-24(30)27-21-12-11-18-7-3-4-8-19(18)15-21/h3-5,7-12,15-16,23H,6,13-14,17H2,1-2H3,(H,27,30). The lowest BCUT2D eigenvalue weighted by atomic mass is 10.1. The molecule has 7 nitrogen and oxygen atoms in total. The van der Waals surface area contributed by atoms with Crippen molar-refractivity contribution in [3.8, 4) is 5.75 Å². The maximum Gasteiger partial charge on any atom is 0.242 e. The average Bonchev–Trinajstić information content (AvgIpc) is 3.13. The summed E-state index contributed by atoms with van der Waals surface area (Å²) in [7, 11) is 3.23. The van der Waals surface area contributed by atoms with Gasteiger partial charge in [0, 0.05) is 38.4 Å². The first-order valence-corrected chi connectivity index (χ1v) is 11.9. The lowest BCUT2D eigenvalue weighted by molar-refractivity contribution is -0.128. The van der Waals surface area contributed by atoms with Gasteiger partial charge in [0.15, 0.2) is 5.17 Å². The van der Waals surface area contributed by atoms with Crippen molar-refractivity contribution in [1.82, 2.24) is 4.90 Å². The van der Waals surface area contributed by atoms with E-state index in [4.69, 9.17) is 9.47 Å². The minimum atomic E-state index is -0.535. The number of nitrogens with one attached hydrogen (secondary N) is 1. The number of rotatable bonds is 9. The predicted molar refractivity (Wildman–Crippen MR) is 137 cm³/mol. The van der Waals surface area contributed by atoms with Crippen LogP contribution in [0.25, 0.3) is 10.8 Å². The molecule has 4 rings (SSSR count). The topological polar surface area (TPSA) is 80.2 Å². The number of amides is 2. The molecule has 3 aromatic carbocycles. The molecule has 0 aliphatic carbocycles. The number of carbonyl (C=O) groups excluding carboxylic acids is 2. The van der Waals surface area contributed by atoms with Crippen LogP contribution in [-0.2, 0) is 14.3 Å². The van der Waals surface area contributed by atoms with Crippen molar-refractivity contribution in [2.45, 2.75) is 18.1 Å². The maximum atomic E-state index is 13.2. The molecule has 0 aromatic heterocycles. The molecule has 1 N–H and O–H groups in total. The van der Waals surface area contributed by atoms with Crippen molar-refractivity contribution in [2.24, 2.45) is 4.99 Å². The van der Waals surface area contributed by atoms with Gasteiger partial charge in [0.25, 0.3) is 0 Å². The third-order valence-corrected chi connectivity index (χ3v) is 6.61. The van der Waals surface area contributed by atoms with E-state index in [0.29, 0.717) is 41.9 Å². The quantitative estimate of drug-likeness (QED) is 0.446. The van der Waals surface area contributed by atoms with Gasteiger partial charge in [-0.15, -0.1) is 0 Å². The zero-order valence-electron chi connectivity index (χ0n) is 19.2. The van der Waals surface area contributed by atoms with E-state index in [-0.39, 0.29) is 18.2 Å². The summed E-state index contributed by atoms with van der Waals surface area (Å²) in [6, 6.07) is 21.1. The van der Waals surface area contributed by atoms with Gasteiger partial charge in [-0.1, -0.05) is 48.2 Å². The van der Waals surface area contributed by atoms with Crippen LogP contribution in [0, 0.1) is 0 Å². The average molecular weight is 478 g/mol. The molecule has 176 valence electrons. The third-order valence-electron chi connectivity index (χ3n) is 5.43. The van der Waals surface area contributed by atoms with Crippen LogP contribution in [0.4, 0.5) is 11.4 Å². The number of hydrogen-bond acceptors (Lipinski definition) is 6. The molecule has 2 amide bonds. The third kappa shape index (κ3) is 5.76. The van der Waals surface area contributed by atoms with Crippen LogP contribution in [0.15, 0.2) is 71.7 Å². The fourth-order valence-electron chi connectivity index (χ4n) is 3.74. The number of nitrogens with zero attached hydrogens (tertiary/aromatic N) is 2. The van der Waals surface area contributed by atoms with Gasteiger partial charge in [0.1, 0.15) is 11.0 Å². The Morgan fingerprint density at radius 3 is 2.68 bits per heavy atom. The lowest BCUT2D eigenvalue weighted by Crippen LogP contribution is -2.34. The number of aliphatic imine (C=N–C) groups is 1. The van der Waals surface area contributed by atoms with Gasteiger partial charge in [-0.3, -0.25) is 14.5 Å². The Morgan fingerprint density at radius 2 is 1.88 bits per heavy atom. The van der Waals surface area contributed by atoms with Crippen molar-refractivity contribution >= 4 is 50.9 Å². The SMILES string of the molecule is COCCCN1C(=O)C(CC(=O)Nc2ccc3ccccc3c2)SC1=Nc1cccc(OC)c1. The Hall–Kier alpha value is -3.36. The van der Waals surface area contributed by atoms with Gasteiger partial charge in [-0.2, -0.15) is 0 Å². The first-order chi connectivity index (χ1) is 16.6. The highest BCUT2D eigenvalue weighted by atomic mass is 32.2. The lowest BCUT2D eigenvalue weighted by Gasteiger charge is -2.16. The van der Waals surface area contributed by atoms with Crippen molar-refractivity contribution < 1.29 is 19.1 Å². The highest BCUT2D eigenvalue weighted by molar-refractivity contribution is 8.15. The summed E-state index contributed by atoms with van der Waals surface area (Å²) in [6.07, 6.45) is 0.740. The summed E-state index contributed by atoms with van der Waals surface area (Å²) in [5, 5.41) is 5.12. The van der Waals surface area contributed by atoms with E-state index in [1.54, 1.807) is 19.1 Å². The molecule has 1 fully saturated rings. The van der Waals surface area contributed by atoms with Gasteiger partial charge < -0.3 is 14.8 Å². The normalized spacial score (nSPS) is 16.9. The van der Waals surface area contributed by atoms with Crippen LogP contribution in [-0.4, -0.2) is 54.5 Å². The van der Waals surface area contributed by atoms with E-state index in [9.17, 15) is 9.59 Å². The molecule has 1 aliphatic rings. The molecule has 3 aromatic rings. The second kappa shape index (κ2) is 11.2. The van der Waals surface area contributed by atoms with E-state index < -0.39 is 5.25 Å². The molecule has 34 heavy (non-hydrogen) atoms. The molecule has 0 spiro atoms. The molecule has 0 radical (unpaired) electrons. The van der Waals surface area contributed by atoms with E-state index in [1.165, 1.54) is 11.8 Å². The second-order valence-electron chi connectivity index (χ2n) is 7.85. The number of hydrogen-bond donors (Lipinski definition) is 1. The molecule has 0 saturated carbocycles. The Kier molecular flexibility index (Phi) is 7.82. The van der Waals surface area contributed by atoms with Gasteiger partial charge in [0.2, 0.25) is 11.8 Å². The molecule has 1 aliphatic heterocycles. The Balaban J connectivity index is 1.48. The fraction of sp³-hybridized carbons (Fsp3) is 0.269. The number of methoxy groups -OCH3 is 2. The number of amidine groups is 1. The molecule has 1 heterocycles. The van der Waals surface area contributed by atoms with Crippen LogP contribution in [0.1, 0.15) is 12.8 Å². The number of thioether (sulfide) groups is 1. The van der Waals surface area contributed by atoms with Crippen molar-refractivity contribution in [3.63, 3.8) is 0 Å². The van der Waals surface area contributed by atoms with Crippen LogP contribution in [0.2, 0.25) is 0 Å². The molecule has 0 bridgehead atoms. The minimum absolute atomic E-state index is 0.0637. The first-order valence-electron chi connectivity index (χ1n) is 11.1. The van der Waals surface area contributed by atoms with E-state index in [0.717, 1.165) is 10.8 Å². The van der Waals surface area contributed by atoms with Crippen molar-refractivity contribution in [2.75, 3.05) is 32.7 Å². The molecule has 1 saturated heterocycles. The fourth-order valence-corrected chi connectivity index (χ4v) is 4.92. The Labute approximate surface area is 203 Å². The second-order valence-corrected chi connectivity index (χ2v) is 9.02. The Morgan fingerprint density at radius 1 is 1.06 bits per heavy atom. The molecule has 1 atom stereocenters. The Bertz CT molecular complexity index is 1210. The summed E-state index contributed by atoms with van der Waals surface area (Å²) in [6.45, 7) is 1.01. The number of fused-ring (bicyclic) bond motifs is 1. The summed E-state index contributed by atoms with van der Waals surface area (Å²) < 4.78 is 10.4. The largest absolute Gasteiger partial charge is 0.497 e. The molecule has 8 heteroatoms. The number of carbonyl (C=O) groups is 2. The van der Waals surface area contributed by atoms with Crippen molar-refractivity contribution in [1.29, 1.82) is 0 Å². The summed E-state index contributed by atoms with van der Waals surface area (Å²) in [4.78, 5) is 32.3. The van der Waals surface area contributed by atoms with Gasteiger partial charge in [-0.05, 0) is 41.5 Å². The van der Waals surface area contributed by atoms with Crippen LogP contribution in [0.3, 0.4) is 0 Å². The molecule has 1 unspecified atom stereocenters. The van der Waals surface area contributed by atoms with Gasteiger partial charge in [0.05, 0.1) is 12.8 Å². The van der Waals surface area contributed by atoms with Gasteiger partial charge >= 0.3 is 0 Å². The summed E-state index contributed by atoms with van der Waals surface area (Å²) >= 11 is 1.32.